The van der Waals surface area contributed by atoms with E-state index >= 15 is 0 Å². The molecule has 0 fully saturated rings. The van der Waals surface area contributed by atoms with Gasteiger partial charge in [-0.15, -0.1) is 5.06 Å². The van der Waals surface area contributed by atoms with Crippen molar-refractivity contribution in [2.24, 2.45) is 0 Å². The van der Waals surface area contributed by atoms with Crippen LogP contribution in [0.5, 0.6) is 5.75 Å². The average Bonchev–Trinajstić information content (AvgIpc) is 2.90. The van der Waals surface area contributed by atoms with Crippen molar-refractivity contribution in [1.82, 2.24) is 5.06 Å². The average molecular weight is 257 g/mol. The van der Waals surface area contributed by atoms with E-state index in [0.717, 1.165) is 37.7 Å². The van der Waals surface area contributed by atoms with Crippen molar-refractivity contribution in [2.45, 2.75) is 19.0 Å². The molecular formula is C15H17N2O2+. The third kappa shape index (κ3) is 1.93. The number of hydrogen-bond donors (Lipinski definition) is 1. The number of hydroxylamine groups is 2. The summed E-state index contributed by atoms with van der Waals surface area (Å²) in [5.74, 6) is 2.05. The second kappa shape index (κ2) is 4.40. The SMILES string of the molecule is C1=CC(N2Cc3ccccc3O2)CC2=C1OC[NH2+]C2. The highest BCUT2D eigenvalue weighted by atomic mass is 16.7. The molecule has 19 heavy (non-hydrogen) atoms. The van der Waals surface area contributed by atoms with Gasteiger partial charge in [0, 0.05) is 17.6 Å². The van der Waals surface area contributed by atoms with E-state index in [1.807, 2.05) is 12.1 Å². The summed E-state index contributed by atoms with van der Waals surface area (Å²) >= 11 is 0. The van der Waals surface area contributed by atoms with Gasteiger partial charge in [-0.1, -0.05) is 24.3 Å². The van der Waals surface area contributed by atoms with Crippen molar-refractivity contribution in [1.29, 1.82) is 0 Å². The van der Waals surface area contributed by atoms with Crippen LogP contribution in [0.25, 0.3) is 0 Å². The summed E-state index contributed by atoms with van der Waals surface area (Å²) in [6.07, 6.45) is 5.29. The number of fused-ring (bicyclic) bond motifs is 1. The Morgan fingerprint density at radius 1 is 1.26 bits per heavy atom. The molecule has 0 saturated heterocycles. The van der Waals surface area contributed by atoms with Gasteiger partial charge in [0.25, 0.3) is 0 Å². The van der Waals surface area contributed by atoms with E-state index < -0.39 is 0 Å². The predicted molar refractivity (Wildman–Crippen MR) is 69.9 cm³/mol. The number of para-hydroxylation sites is 1. The maximum Gasteiger partial charge on any atom is 0.221 e. The van der Waals surface area contributed by atoms with E-state index in [-0.39, 0.29) is 0 Å². The molecule has 0 saturated carbocycles. The highest BCUT2D eigenvalue weighted by molar-refractivity contribution is 5.36. The largest absolute Gasteiger partial charge is 0.445 e. The zero-order valence-corrected chi connectivity index (χ0v) is 10.7. The first-order valence-corrected chi connectivity index (χ1v) is 6.77. The van der Waals surface area contributed by atoms with E-state index in [4.69, 9.17) is 9.57 Å². The second-order valence-electron chi connectivity index (χ2n) is 5.18. The number of nitrogens with zero attached hydrogens (tertiary/aromatic N) is 1. The van der Waals surface area contributed by atoms with E-state index in [0.29, 0.717) is 6.04 Å². The summed E-state index contributed by atoms with van der Waals surface area (Å²) < 4.78 is 5.63. The standard InChI is InChI=1S/C15H16N2O2/c1-2-4-15-11(3-1)9-17(19-15)13-5-6-14-12(7-13)8-16-10-18-14/h1-6,13,16H,7-10H2/p+1. The predicted octanol–water partition coefficient (Wildman–Crippen LogP) is 0.930. The van der Waals surface area contributed by atoms with Gasteiger partial charge in [0.1, 0.15) is 12.3 Å². The normalized spacial score (nSPS) is 25.6. The van der Waals surface area contributed by atoms with Crippen LogP contribution in [0.1, 0.15) is 12.0 Å². The van der Waals surface area contributed by atoms with Crippen LogP contribution < -0.4 is 10.2 Å². The van der Waals surface area contributed by atoms with Gasteiger partial charge in [0.2, 0.25) is 6.73 Å². The maximum absolute atomic E-state index is 5.93. The van der Waals surface area contributed by atoms with Gasteiger partial charge in [-0.2, -0.15) is 0 Å². The molecule has 4 nitrogen and oxygen atoms in total. The van der Waals surface area contributed by atoms with Crippen LogP contribution in [0.15, 0.2) is 47.7 Å². The monoisotopic (exact) mass is 257 g/mol. The molecule has 0 bridgehead atoms. The zero-order valence-electron chi connectivity index (χ0n) is 10.7. The molecule has 2 heterocycles. The summed E-state index contributed by atoms with van der Waals surface area (Å²) in [6, 6.07) is 8.55. The van der Waals surface area contributed by atoms with Gasteiger partial charge in [-0.25, -0.2) is 0 Å². The van der Waals surface area contributed by atoms with Crippen LogP contribution in [0, 0.1) is 0 Å². The lowest BCUT2D eigenvalue weighted by molar-refractivity contribution is -0.683. The lowest BCUT2D eigenvalue weighted by atomic mass is 9.98. The first kappa shape index (κ1) is 11.1. The molecule has 0 spiro atoms. The Morgan fingerprint density at radius 2 is 2.21 bits per heavy atom. The van der Waals surface area contributed by atoms with Gasteiger partial charge in [0.15, 0.2) is 5.75 Å². The van der Waals surface area contributed by atoms with Crippen molar-refractivity contribution in [3.63, 3.8) is 0 Å². The summed E-state index contributed by atoms with van der Waals surface area (Å²) in [4.78, 5) is 5.93. The summed E-state index contributed by atoms with van der Waals surface area (Å²) in [7, 11) is 0. The minimum atomic E-state index is 0.307. The number of benzene rings is 1. The van der Waals surface area contributed by atoms with E-state index in [1.165, 1.54) is 11.1 Å². The van der Waals surface area contributed by atoms with Crippen LogP contribution in [-0.4, -0.2) is 24.4 Å². The van der Waals surface area contributed by atoms with E-state index in [9.17, 15) is 0 Å². The van der Waals surface area contributed by atoms with Crippen molar-refractivity contribution < 1.29 is 14.9 Å². The van der Waals surface area contributed by atoms with Crippen LogP contribution in [0.4, 0.5) is 0 Å². The first-order valence-electron chi connectivity index (χ1n) is 6.77. The highest BCUT2D eigenvalue weighted by Gasteiger charge is 2.30. The van der Waals surface area contributed by atoms with Gasteiger partial charge in [-0.05, 0) is 12.1 Å². The van der Waals surface area contributed by atoms with E-state index in [2.05, 4.69) is 34.7 Å². The highest BCUT2D eigenvalue weighted by Crippen LogP contribution is 2.32. The molecule has 0 aromatic heterocycles. The van der Waals surface area contributed by atoms with E-state index in [1.54, 1.807) is 0 Å². The summed E-state index contributed by atoms with van der Waals surface area (Å²) in [6.45, 7) is 2.63. The molecule has 1 unspecified atom stereocenters. The van der Waals surface area contributed by atoms with Crippen molar-refractivity contribution in [3.8, 4) is 5.75 Å². The zero-order chi connectivity index (χ0) is 12.7. The van der Waals surface area contributed by atoms with Gasteiger partial charge in [-0.3, -0.25) is 0 Å². The van der Waals surface area contributed by atoms with Gasteiger partial charge >= 0.3 is 0 Å². The summed E-state index contributed by atoms with van der Waals surface area (Å²) in [5.41, 5.74) is 2.65. The van der Waals surface area contributed by atoms with Gasteiger partial charge < -0.3 is 14.9 Å². The van der Waals surface area contributed by atoms with Crippen molar-refractivity contribution in [3.05, 3.63) is 53.3 Å². The smallest absolute Gasteiger partial charge is 0.221 e. The molecule has 4 rings (SSSR count). The van der Waals surface area contributed by atoms with Crippen LogP contribution >= 0.6 is 0 Å². The fourth-order valence-electron chi connectivity index (χ4n) is 2.89. The molecule has 98 valence electrons. The molecule has 1 atom stereocenters. The third-order valence-corrected chi connectivity index (χ3v) is 3.91. The molecule has 3 aliphatic rings. The molecule has 1 aromatic carbocycles. The molecular weight excluding hydrogens is 240 g/mol. The Bertz CT molecular complexity index is 540. The fourth-order valence-corrected chi connectivity index (χ4v) is 2.89. The minimum absolute atomic E-state index is 0.307. The molecule has 4 heteroatoms. The lowest BCUT2D eigenvalue weighted by Crippen LogP contribution is -2.86. The Kier molecular flexibility index (Phi) is 2.57. The number of nitrogens with two attached hydrogens (primary N) is 1. The second-order valence-corrected chi connectivity index (χ2v) is 5.18. The maximum atomic E-state index is 5.93. The minimum Gasteiger partial charge on any atom is -0.445 e. The number of allylic oxidation sites excluding steroid dienone is 1. The van der Waals surface area contributed by atoms with Gasteiger partial charge in [0.05, 0.1) is 12.6 Å². The topological polar surface area (TPSA) is 38.3 Å². The molecule has 0 radical (unpaired) electrons. The summed E-state index contributed by atoms with van der Waals surface area (Å²) in [5, 5.41) is 4.26. The third-order valence-electron chi connectivity index (χ3n) is 3.91. The fraction of sp³-hybridized carbons (Fsp3) is 0.333. The number of ether oxygens (including phenoxy) is 1. The Balaban J connectivity index is 1.52. The Hall–Kier alpha value is -1.78. The molecule has 2 aliphatic heterocycles. The molecule has 1 aliphatic carbocycles. The number of hydrogen-bond acceptors (Lipinski definition) is 3. The Morgan fingerprint density at radius 3 is 3.16 bits per heavy atom. The quantitative estimate of drug-likeness (QED) is 0.813. The molecule has 1 aromatic rings. The molecule has 0 amide bonds. The van der Waals surface area contributed by atoms with Crippen LogP contribution in [-0.2, 0) is 11.3 Å². The lowest BCUT2D eigenvalue weighted by Gasteiger charge is -2.29. The Labute approximate surface area is 112 Å². The van der Waals surface area contributed by atoms with Crippen LogP contribution in [0.3, 0.4) is 0 Å². The van der Waals surface area contributed by atoms with Crippen molar-refractivity contribution >= 4 is 0 Å². The number of rotatable bonds is 1. The molecule has 2 N–H and O–H groups in total. The van der Waals surface area contributed by atoms with Crippen LogP contribution in [0.2, 0.25) is 0 Å². The first-order chi connectivity index (χ1) is 9.40. The van der Waals surface area contributed by atoms with Crippen molar-refractivity contribution in [2.75, 3.05) is 13.3 Å². The number of quaternary nitrogens is 1.